The highest BCUT2D eigenvalue weighted by atomic mass is 35.5. The molecule has 136 valence electrons. The first-order valence-electron chi connectivity index (χ1n) is 9.12. The molecule has 2 aromatic heterocycles. The van der Waals surface area contributed by atoms with Gasteiger partial charge in [-0.05, 0) is 36.6 Å². The summed E-state index contributed by atoms with van der Waals surface area (Å²) in [6, 6.07) is 18.3. The predicted octanol–water partition coefficient (Wildman–Crippen LogP) is 6.05. The molecule has 0 atom stereocenters. The molecule has 0 saturated heterocycles. The van der Waals surface area contributed by atoms with Gasteiger partial charge in [0.2, 0.25) is 0 Å². The van der Waals surface area contributed by atoms with Crippen molar-refractivity contribution in [1.29, 1.82) is 0 Å². The molecule has 0 aliphatic rings. The fourth-order valence-electron chi connectivity index (χ4n) is 3.13. The van der Waals surface area contributed by atoms with Crippen LogP contribution >= 0.6 is 11.6 Å². The van der Waals surface area contributed by atoms with Crippen LogP contribution in [-0.2, 0) is 6.42 Å². The molecule has 0 spiro atoms. The minimum absolute atomic E-state index is 0.740. The number of anilines is 2. The Morgan fingerprint density at radius 3 is 2.63 bits per heavy atom. The van der Waals surface area contributed by atoms with Crippen LogP contribution in [0.1, 0.15) is 24.6 Å². The molecule has 5 heteroatoms. The van der Waals surface area contributed by atoms with Crippen molar-refractivity contribution in [2.45, 2.75) is 26.7 Å². The van der Waals surface area contributed by atoms with Crippen LogP contribution in [0.3, 0.4) is 0 Å². The number of nitrogens with zero attached hydrogens (tertiary/aromatic N) is 3. The van der Waals surface area contributed by atoms with E-state index in [1.807, 2.05) is 54.0 Å². The SMILES string of the molecule is CCCc1cc(Nc2ccc(C)c(Cl)c2)n2ncc(-c3ccccc3)c2n1. The molecule has 27 heavy (non-hydrogen) atoms. The number of rotatable bonds is 5. The van der Waals surface area contributed by atoms with Crippen LogP contribution in [0.2, 0.25) is 5.02 Å². The zero-order chi connectivity index (χ0) is 18.8. The van der Waals surface area contributed by atoms with Gasteiger partial charge < -0.3 is 5.32 Å². The Hall–Kier alpha value is -2.85. The monoisotopic (exact) mass is 376 g/mol. The van der Waals surface area contributed by atoms with E-state index in [-0.39, 0.29) is 0 Å². The Bertz CT molecular complexity index is 1090. The first-order valence-corrected chi connectivity index (χ1v) is 9.49. The molecule has 4 rings (SSSR count). The summed E-state index contributed by atoms with van der Waals surface area (Å²) >= 11 is 6.29. The summed E-state index contributed by atoms with van der Waals surface area (Å²) in [5.41, 5.74) is 6.02. The van der Waals surface area contributed by atoms with Crippen molar-refractivity contribution in [2.75, 3.05) is 5.32 Å². The lowest BCUT2D eigenvalue weighted by atomic mass is 10.1. The number of hydrogen-bond donors (Lipinski definition) is 1. The summed E-state index contributed by atoms with van der Waals surface area (Å²) in [5, 5.41) is 8.79. The first-order chi connectivity index (χ1) is 13.2. The second kappa shape index (κ2) is 7.41. The molecule has 2 heterocycles. The summed E-state index contributed by atoms with van der Waals surface area (Å²) in [7, 11) is 0. The summed E-state index contributed by atoms with van der Waals surface area (Å²) < 4.78 is 1.86. The van der Waals surface area contributed by atoms with Crippen LogP contribution in [0.15, 0.2) is 60.8 Å². The van der Waals surface area contributed by atoms with Gasteiger partial charge in [-0.1, -0.05) is 61.3 Å². The van der Waals surface area contributed by atoms with Gasteiger partial charge in [-0.3, -0.25) is 0 Å². The second-order valence-electron chi connectivity index (χ2n) is 6.63. The van der Waals surface area contributed by atoms with Gasteiger partial charge in [-0.25, -0.2) is 4.98 Å². The van der Waals surface area contributed by atoms with E-state index < -0.39 is 0 Å². The number of aromatic nitrogens is 3. The Morgan fingerprint density at radius 2 is 1.89 bits per heavy atom. The van der Waals surface area contributed by atoms with E-state index in [9.17, 15) is 0 Å². The van der Waals surface area contributed by atoms with Crippen molar-refractivity contribution in [1.82, 2.24) is 14.6 Å². The third kappa shape index (κ3) is 3.53. The molecule has 1 N–H and O–H groups in total. The molecule has 0 saturated carbocycles. The first kappa shape index (κ1) is 17.6. The third-order valence-electron chi connectivity index (χ3n) is 4.56. The standard InChI is InChI=1S/C22H21ClN4/c1-3-7-17-13-21(25-18-11-10-15(2)20(23)12-18)27-22(26-17)19(14-24-27)16-8-5-4-6-9-16/h4-6,8-14,25H,3,7H2,1-2H3. The van der Waals surface area contributed by atoms with Crippen molar-refractivity contribution < 1.29 is 0 Å². The molecule has 0 bridgehead atoms. The molecular formula is C22H21ClN4. The number of nitrogens with one attached hydrogen (secondary N) is 1. The van der Waals surface area contributed by atoms with Crippen LogP contribution in [0.4, 0.5) is 11.5 Å². The Kier molecular flexibility index (Phi) is 4.82. The fraction of sp³-hybridized carbons (Fsp3) is 0.182. The van der Waals surface area contributed by atoms with Gasteiger partial charge >= 0.3 is 0 Å². The quantitative estimate of drug-likeness (QED) is 0.460. The molecule has 0 aliphatic carbocycles. The molecule has 2 aromatic carbocycles. The van der Waals surface area contributed by atoms with E-state index in [0.717, 1.165) is 57.4 Å². The van der Waals surface area contributed by atoms with Gasteiger partial charge in [0.15, 0.2) is 5.65 Å². The summed E-state index contributed by atoms with van der Waals surface area (Å²) in [6.45, 7) is 4.16. The maximum absolute atomic E-state index is 6.29. The van der Waals surface area contributed by atoms with Crippen LogP contribution in [0.5, 0.6) is 0 Å². The van der Waals surface area contributed by atoms with E-state index in [4.69, 9.17) is 16.6 Å². The Morgan fingerprint density at radius 1 is 1.07 bits per heavy atom. The van der Waals surface area contributed by atoms with Crippen molar-refractivity contribution in [3.05, 3.63) is 77.1 Å². The highest BCUT2D eigenvalue weighted by molar-refractivity contribution is 6.31. The summed E-state index contributed by atoms with van der Waals surface area (Å²) in [5.74, 6) is 0.880. The van der Waals surface area contributed by atoms with Gasteiger partial charge in [0, 0.05) is 28.0 Å². The number of halogens is 1. The van der Waals surface area contributed by atoms with Crippen LogP contribution in [0.25, 0.3) is 16.8 Å². The third-order valence-corrected chi connectivity index (χ3v) is 4.97. The highest BCUT2D eigenvalue weighted by Crippen LogP contribution is 2.28. The van der Waals surface area contributed by atoms with Crippen molar-refractivity contribution in [3.8, 4) is 11.1 Å². The topological polar surface area (TPSA) is 42.2 Å². The lowest BCUT2D eigenvalue weighted by Gasteiger charge is -2.12. The molecule has 4 aromatic rings. The van der Waals surface area contributed by atoms with Crippen molar-refractivity contribution in [2.24, 2.45) is 0 Å². The van der Waals surface area contributed by atoms with E-state index >= 15 is 0 Å². The van der Waals surface area contributed by atoms with Gasteiger partial charge in [-0.15, -0.1) is 0 Å². The number of benzene rings is 2. The van der Waals surface area contributed by atoms with Gasteiger partial charge in [0.05, 0.1) is 6.20 Å². The lowest BCUT2D eigenvalue weighted by molar-refractivity contribution is 0.862. The summed E-state index contributed by atoms with van der Waals surface area (Å²) in [6.07, 6.45) is 3.83. The zero-order valence-electron chi connectivity index (χ0n) is 15.4. The minimum Gasteiger partial charge on any atom is -0.340 e. The van der Waals surface area contributed by atoms with E-state index in [1.165, 1.54) is 0 Å². The molecule has 0 amide bonds. The highest BCUT2D eigenvalue weighted by Gasteiger charge is 2.13. The van der Waals surface area contributed by atoms with Crippen LogP contribution in [-0.4, -0.2) is 14.6 Å². The minimum atomic E-state index is 0.740. The number of fused-ring (bicyclic) bond motifs is 1. The molecule has 4 nitrogen and oxygen atoms in total. The molecule has 0 fully saturated rings. The van der Waals surface area contributed by atoms with Gasteiger partial charge in [0.1, 0.15) is 5.82 Å². The molecule has 0 unspecified atom stereocenters. The number of hydrogen-bond acceptors (Lipinski definition) is 3. The largest absolute Gasteiger partial charge is 0.340 e. The normalized spacial score (nSPS) is 11.1. The van der Waals surface area contributed by atoms with Crippen LogP contribution in [0, 0.1) is 6.92 Å². The fourth-order valence-corrected chi connectivity index (χ4v) is 3.31. The molecule has 0 radical (unpaired) electrons. The molecule has 0 aliphatic heterocycles. The Balaban J connectivity index is 1.84. The lowest BCUT2D eigenvalue weighted by Crippen LogP contribution is -2.04. The predicted molar refractivity (Wildman–Crippen MR) is 112 cm³/mol. The smallest absolute Gasteiger partial charge is 0.165 e. The van der Waals surface area contributed by atoms with Crippen LogP contribution < -0.4 is 5.32 Å². The maximum Gasteiger partial charge on any atom is 0.165 e. The van der Waals surface area contributed by atoms with E-state index in [1.54, 1.807) is 0 Å². The average molecular weight is 377 g/mol. The average Bonchev–Trinajstić information content (AvgIpc) is 3.10. The van der Waals surface area contributed by atoms with Gasteiger partial charge in [-0.2, -0.15) is 9.61 Å². The number of aryl methyl sites for hydroxylation is 2. The second-order valence-corrected chi connectivity index (χ2v) is 7.04. The summed E-state index contributed by atoms with van der Waals surface area (Å²) in [4.78, 5) is 4.87. The van der Waals surface area contributed by atoms with E-state index in [2.05, 4.69) is 35.5 Å². The van der Waals surface area contributed by atoms with Crippen molar-refractivity contribution in [3.63, 3.8) is 0 Å². The van der Waals surface area contributed by atoms with Crippen molar-refractivity contribution >= 4 is 28.8 Å². The zero-order valence-corrected chi connectivity index (χ0v) is 16.2. The molecular weight excluding hydrogens is 356 g/mol. The maximum atomic E-state index is 6.29. The van der Waals surface area contributed by atoms with Gasteiger partial charge in [0.25, 0.3) is 0 Å². The Labute approximate surface area is 163 Å². The van der Waals surface area contributed by atoms with E-state index in [0.29, 0.717) is 0 Å².